The highest BCUT2D eigenvalue weighted by molar-refractivity contribution is 9.10. The molecule has 0 fully saturated rings. The van der Waals surface area contributed by atoms with Crippen molar-refractivity contribution in [2.24, 2.45) is 0 Å². The molecule has 0 saturated carbocycles. The van der Waals surface area contributed by atoms with Gasteiger partial charge >= 0.3 is 0 Å². The maximum atomic E-state index is 6.23. The lowest BCUT2D eigenvalue weighted by atomic mass is 10.1. The third-order valence-electron chi connectivity index (χ3n) is 2.85. The van der Waals surface area contributed by atoms with Crippen molar-refractivity contribution < 1.29 is 0 Å². The van der Waals surface area contributed by atoms with Crippen LogP contribution in [0.1, 0.15) is 32.2 Å². The van der Waals surface area contributed by atoms with E-state index >= 15 is 0 Å². The third-order valence-corrected chi connectivity index (χ3v) is 4.69. The molecule has 0 aliphatic carbocycles. The molecule has 0 atom stereocenters. The maximum absolute atomic E-state index is 6.23. The summed E-state index contributed by atoms with van der Waals surface area (Å²) in [6.07, 6.45) is 1.99. The molecule has 6 heteroatoms. The predicted molar refractivity (Wildman–Crippen MR) is 94.1 cm³/mol. The van der Waals surface area contributed by atoms with Gasteiger partial charge in [0, 0.05) is 22.0 Å². The van der Waals surface area contributed by atoms with Crippen LogP contribution < -0.4 is 5.32 Å². The van der Waals surface area contributed by atoms with Gasteiger partial charge in [-0.15, -0.1) is 10.2 Å². The summed E-state index contributed by atoms with van der Waals surface area (Å²) in [6.45, 7) is 7.50. The van der Waals surface area contributed by atoms with Gasteiger partial charge in [0.25, 0.3) is 0 Å². The Kier molecular flexibility index (Phi) is 5.77. The molecule has 1 aromatic heterocycles. The van der Waals surface area contributed by atoms with E-state index in [9.17, 15) is 0 Å². The number of nitrogens with zero attached hydrogens (tertiary/aromatic N) is 2. The number of hydrogen-bond donors (Lipinski definition) is 1. The van der Waals surface area contributed by atoms with Crippen LogP contribution in [0.2, 0.25) is 5.02 Å². The lowest BCUT2D eigenvalue weighted by molar-refractivity contribution is 0.422. The van der Waals surface area contributed by atoms with Gasteiger partial charge in [-0.3, -0.25) is 0 Å². The first kappa shape index (κ1) is 16.9. The Morgan fingerprint density at radius 3 is 2.76 bits per heavy atom. The van der Waals surface area contributed by atoms with Crippen LogP contribution in [-0.4, -0.2) is 22.3 Å². The van der Waals surface area contributed by atoms with Crippen molar-refractivity contribution in [3.8, 4) is 10.6 Å². The number of benzene rings is 1. The average Bonchev–Trinajstić information content (AvgIpc) is 2.85. The second kappa shape index (κ2) is 7.18. The Labute approximate surface area is 143 Å². The van der Waals surface area contributed by atoms with E-state index in [1.54, 1.807) is 11.3 Å². The minimum atomic E-state index is 0.163. The molecule has 114 valence electrons. The van der Waals surface area contributed by atoms with Gasteiger partial charge in [0.15, 0.2) is 0 Å². The van der Waals surface area contributed by atoms with E-state index in [-0.39, 0.29) is 5.54 Å². The van der Waals surface area contributed by atoms with Crippen molar-refractivity contribution in [2.75, 3.05) is 6.54 Å². The smallest absolute Gasteiger partial charge is 0.149 e. The Hall–Kier alpha value is -0.490. The Morgan fingerprint density at radius 1 is 1.29 bits per heavy atom. The van der Waals surface area contributed by atoms with E-state index in [1.807, 2.05) is 18.2 Å². The van der Waals surface area contributed by atoms with E-state index in [4.69, 9.17) is 11.6 Å². The molecule has 0 saturated heterocycles. The highest BCUT2D eigenvalue weighted by Crippen LogP contribution is 2.32. The summed E-state index contributed by atoms with van der Waals surface area (Å²) in [5, 5.41) is 14.6. The zero-order chi connectivity index (χ0) is 15.5. The first-order chi connectivity index (χ1) is 9.85. The van der Waals surface area contributed by atoms with Crippen LogP contribution in [0.25, 0.3) is 10.6 Å². The molecule has 0 unspecified atom stereocenters. The minimum absolute atomic E-state index is 0.163. The Bertz CT molecular complexity index is 607. The summed E-state index contributed by atoms with van der Waals surface area (Å²) in [4.78, 5) is 0. The number of rotatable bonds is 5. The van der Waals surface area contributed by atoms with Gasteiger partial charge in [0.2, 0.25) is 0 Å². The molecule has 1 aromatic carbocycles. The second-order valence-corrected chi connectivity index (χ2v) is 8.29. The SMILES string of the molecule is CC(C)(C)NCCCc1nnc(-c2cc(Br)ccc2Cl)s1. The van der Waals surface area contributed by atoms with Gasteiger partial charge in [-0.25, -0.2) is 0 Å². The van der Waals surface area contributed by atoms with Crippen LogP contribution in [0.5, 0.6) is 0 Å². The van der Waals surface area contributed by atoms with Gasteiger partial charge in [-0.2, -0.15) is 0 Å². The molecule has 21 heavy (non-hydrogen) atoms. The molecule has 0 amide bonds. The highest BCUT2D eigenvalue weighted by Gasteiger charge is 2.11. The monoisotopic (exact) mass is 387 g/mol. The first-order valence-corrected chi connectivity index (χ1v) is 8.87. The van der Waals surface area contributed by atoms with Crippen molar-refractivity contribution in [2.45, 2.75) is 39.2 Å². The maximum Gasteiger partial charge on any atom is 0.149 e. The number of nitrogens with one attached hydrogen (secondary N) is 1. The standard InChI is InChI=1S/C15H19BrClN3S/c1-15(2,3)18-8-4-5-13-19-20-14(21-13)11-9-10(16)6-7-12(11)17/h6-7,9,18H,4-5,8H2,1-3H3. The van der Waals surface area contributed by atoms with E-state index in [0.29, 0.717) is 5.02 Å². The molecule has 0 aliphatic rings. The molecule has 0 radical (unpaired) electrons. The fourth-order valence-electron chi connectivity index (χ4n) is 1.83. The normalized spacial score (nSPS) is 11.9. The van der Waals surface area contributed by atoms with E-state index in [1.165, 1.54) is 0 Å². The quantitative estimate of drug-likeness (QED) is 0.737. The molecule has 1 heterocycles. The number of hydrogen-bond acceptors (Lipinski definition) is 4. The summed E-state index contributed by atoms with van der Waals surface area (Å²) >= 11 is 11.3. The van der Waals surface area contributed by atoms with Crippen LogP contribution in [0.3, 0.4) is 0 Å². The van der Waals surface area contributed by atoms with Crippen molar-refractivity contribution in [3.63, 3.8) is 0 Å². The summed E-state index contributed by atoms with van der Waals surface area (Å²) in [5.74, 6) is 0. The van der Waals surface area contributed by atoms with Crippen LogP contribution in [0, 0.1) is 0 Å². The Balaban J connectivity index is 1.97. The fraction of sp³-hybridized carbons (Fsp3) is 0.467. The molecule has 1 N–H and O–H groups in total. The van der Waals surface area contributed by atoms with Crippen molar-refractivity contribution in [1.29, 1.82) is 0 Å². The molecule has 0 aliphatic heterocycles. The molecular weight excluding hydrogens is 370 g/mol. The second-order valence-electron chi connectivity index (χ2n) is 5.91. The number of aryl methyl sites for hydroxylation is 1. The van der Waals surface area contributed by atoms with Gasteiger partial charge in [0.05, 0.1) is 5.02 Å². The van der Waals surface area contributed by atoms with Crippen molar-refractivity contribution in [1.82, 2.24) is 15.5 Å². The lowest BCUT2D eigenvalue weighted by Gasteiger charge is -2.20. The topological polar surface area (TPSA) is 37.8 Å². The minimum Gasteiger partial charge on any atom is -0.312 e. The van der Waals surface area contributed by atoms with E-state index in [2.05, 4.69) is 52.2 Å². The zero-order valence-corrected chi connectivity index (χ0v) is 15.6. The van der Waals surface area contributed by atoms with Crippen LogP contribution in [0.15, 0.2) is 22.7 Å². The van der Waals surface area contributed by atoms with E-state index in [0.717, 1.165) is 39.4 Å². The molecule has 2 rings (SSSR count). The zero-order valence-electron chi connectivity index (χ0n) is 12.4. The fourth-order valence-corrected chi connectivity index (χ4v) is 3.36. The highest BCUT2D eigenvalue weighted by atomic mass is 79.9. The average molecular weight is 389 g/mol. The molecule has 2 aromatic rings. The number of aromatic nitrogens is 2. The third kappa shape index (κ3) is 5.33. The van der Waals surface area contributed by atoms with Crippen LogP contribution in [-0.2, 0) is 6.42 Å². The van der Waals surface area contributed by atoms with Gasteiger partial charge in [0.1, 0.15) is 10.0 Å². The van der Waals surface area contributed by atoms with Gasteiger partial charge < -0.3 is 5.32 Å². The van der Waals surface area contributed by atoms with Crippen LogP contribution >= 0.6 is 38.9 Å². The molecule has 0 spiro atoms. The first-order valence-electron chi connectivity index (χ1n) is 6.88. The van der Waals surface area contributed by atoms with Crippen molar-refractivity contribution in [3.05, 3.63) is 32.7 Å². The van der Waals surface area contributed by atoms with Crippen LogP contribution in [0.4, 0.5) is 0 Å². The van der Waals surface area contributed by atoms with Gasteiger partial charge in [-0.1, -0.05) is 38.9 Å². The largest absolute Gasteiger partial charge is 0.312 e. The van der Waals surface area contributed by atoms with E-state index < -0.39 is 0 Å². The molecule has 3 nitrogen and oxygen atoms in total. The summed E-state index contributed by atoms with van der Waals surface area (Å²) < 4.78 is 0.994. The summed E-state index contributed by atoms with van der Waals surface area (Å²) in [7, 11) is 0. The molecule has 0 bridgehead atoms. The predicted octanol–water partition coefficient (Wildman–Crippen LogP) is 4.94. The summed E-state index contributed by atoms with van der Waals surface area (Å²) in [6, 6.07) is 5.77. The summed E-state index contributed by atoms with van der Waals surface area (Å²) in [5.41, 5.74) is 1.10. The van der Waals surface area contributed by atoms with Gasteiger partial charge in [-0.05, 0) is 51.9 Å². The lowest BCUT2D eigenvalue weighted by Crippen LogP contribution is -2.36. The number of halogens is 2. The molecular formula is C15H19BrClN3S. The Morgan fingerprint density at radius 2 is 2.05 bits per heavy atom. The van der Waals surface area contributed by atoms with Crippen molar-refractivity contribution >= 4 is 38.9 Å².